The van der Waals surface area contributed by atoms with Crippen molar-refractivity contribution in [1.29, 1.82) is 0 Å². The van der Waals surface area contributed by atoms with Crippen LogP contribution in [0.2, 0.25) is 0 Å². The van der Waals surface area contributed by atoms with Crippen molar-refractivity contribution in [2.75, 3.05) is 31.5 Å². The molecule has 0 saturated carbocycles. The predicted molar refractivity (Wildman–Crippen MR) is 58.9 cm³/mol. The van der Waals surface area contributed by atoms with Crippen LogP contribution in [0.5, 0.6) is 0 Å². The summed E-state index contributed by atoms with van der Waals surface area (Å²) in [5.74, 6) is 0.516. The van der Waals surface area contributed by atoms with Crippen molar-refractivity contribution in [2.45, 2.75) is 12.8 Å². The quantitative estimate of drug-likeness (QED) is 0.725. The molecule has 1 aliphatic heterocycles. The fraction of sp³-hybridized carbons (Fsp3) is 1.00. The molecule has 1 heterocycles. The van der Waals surface area contributed by atoms with Crippen LogP contribution in [-0.4, -0.2) is 44.2 Å². The van der Waals surface area contributed by atoms with Crippen molar-refractivity contribution in [3.8, 4) is 0 Å². The average Bonchev–Trinajstić information content (AvgIpc) is 2.19. The number of rotatable bonds is 4. The number of hydrogen-bond acceptors (Lipinski definition) is 3. The molecule has 1 fully saturated rings. The van der Waals surface area contributed by atoms with Gasteiger partial charge in [-0.15, -0.1) is 0 Å². The maximum Gasteiger partial charge on any atom is 0.224 e. The number of sulfonamides is 1. The van der Waals surface area contributed by atoms with Gasteiger partial charge in [-0.05, 0) is 18.8 Å². The summed E-state index contributed by atoms with van der Waals surface area (Å²) in [7, 11) is -1.37. The lowest BCUT2D eigenvalue weighted by Gasteiger charge is -2.30. The summed E-state index contributed by atoms with van der Waals surface area (Å²) < 4.78 is 29.6. The van der Waals surface area contributed by atoms with E-state index in [1.165, 1.54) is 0 Å². The first kappa shape index (κ1) is 12.4. The van der Waals surface area contributed by atoms with Gasteiger partial charge < -0.3 is 4.74 Å². The summed E-state index contributed by atoms with van der Waals surface area (Å²) in [5, 5.41) is 0. The molecule has 84 valence electrons. The van der Waals surface area contributed by atoms with E-state index in [2.05, 4.69) is 15.9 Å². The number of nitrogens with zero attached hydrogens (tertiary/aromatic N) is 1. The second-order valence-corrected chi connectivity index (χ2v) is 6.79. The van der Waals surface area contributed by atoms with Gasteiger partial charge in [0, 0.05) is 26.8 Å². The molecule has 6 heteroatoms. The van der Waals surface area contributed by atoms with Crippen LogP contribution in [0.1, 0.15) is 12.8 Å². The molecule has 0 amide bonds. The Balaban J connectivity index is 2.43. The van der Waals surface area contributed by atoms with Crippen molar-refractivity contribution in [2.24, 2.45) is 5.92 Å². The molecule has 0 N–H and O–H groups in total. The molecule has 4 nitrogen and oxygen atoms in total. The van der Waals surface area contributed by atoms with E-state index in [9.17, 15) is 8.42 Å². The Labute approximate surface area is 93.8 Å². The van der Waals surface area contributed by atoms with Crippen molar-refractivity contribution in [1.82, 2.24) is 4.31 Å². The minimum atomic E-state index is -3.05. The zero-order valence-electron chi connectivity index (χ0n) is 8.28. The van der Waals surface area contributed by atoms with E-state index in [-0.39, 0.29) is 4.66 Å². The predicted octanol–water partition coefficient (Wildman–Crippen LogP) is 1.03. The van der Waals surface area contributed by atoms with Crippen molar-refractivity contribution < 1.29 is 13.2 Å². The Kier molecular flexibility index (Phi) is 4.82. The Morgan fingerprint density at radius 1 is 1.43 bits per heavy atom. The van der Waals surface area contributed by atoms with E-state index in [4.69, 9.17) is 4.74 Å². The molecule has 0 aliphatic carbocycles. The average molecular weight is 286 g/mol. The summed E-state index contributed by atoms with van der Waals surface area (Å²) in [6.07, 6.45) is 1.81. The number of halogens is 1. The molecule has 0 atom stereocenters. The van der Waals surface area contributed by atoms with Gasteiger partial charge in [-0.1, -0.05) is 15.9 Å². The number of alkyl halides is 1. The lowest BCUT2D eigenvalue weighted by molar-refractivity contribution is 0.121. The first-order valence-electron chi connectivity index (χ1n) is 4.63. The number of methoxy groups -OCH3 is 1. The molecule has 1 aliphatic rings. The molecule has 1 rings (SSSR count). The molecule has 0 unspecified atom stereocenters. The molecule has 0 aromatic rings. The van der Waals surface area contributed by atoms with E-state index in [0.717, 1.165) is 19.4 Å². The molecule has 14 heavy (non-hydrogen) atoms. The smallest absolute Gasteiger partial charge is 0.224 e. The van der Waals surface area contributed by atoms with Crippen LogP contribution in [0.15, 0.2) is 0 Å². The van der Waals surface area contributed by atoms with Crippen LogP contribution < -0.4 is 0 Å². The largest absolute Gasteiger partial charge is 0.384 e. The summed E-state index contributed by atoms with van der Waals surface area (Å²) >= 11 is 3.00. The third-order valence-corrected chi connectivity index (χ3v) is 5.67. The van der Waals surface area contributed by atoms with E-state index >= 15 is 0 Å². The molecule has 1 saturated heterocycles. The molecular weight excluding hydrogens is 270 g/mol. The number of hydrogen-bond donors (Lipinski definition) is 0. The van der Waals surface area contributed by atoms with Gasteiger partial charge in [0.05, 0.1) is 0 Å². The first-order chi connectivity index (χ1) is 6.60. The van der Waals surface area contributed by atoms with E-state index < -0.39 is 10.0 Å². The standard InChI is InChI=1S/C8H16BrNO3S/c1-13-6-8-2-4-10(5-3-8)14(11,12)7-9/h8H,2-7H2,1H3. The Bertz CT molecular complexity index is 260. The highest BCUT2D eigenvalue weighted by molar-refractivity contribution is 9.10. The SMILES string of the molecule is COCC1CCN(S(=O)(=O)CBr)CC1. The first-order valence-corrected chi connectivity index (χ1v) is 7.36. The zero-order chi connectivity index (χ0) is 10.6. The molecule has 0 aromatic heterocycles. The molecule has 0 spiro atoms. The van der Waals surface area contributed by atoms with Gasteiger partial charge in [-0.2, -0.15) is 0 Å². The van der Waals surface area contributed by atoms with Crippen LogP contribution >= 0.6 is 15.9 Å². The Morgan fingerprint density at radius 3 is 2.43 bits per heavy atom. The van der Waals surface area contributed by atoms with Crippen LogP contribution in [0.4, 0.5) is 0 Å². The van der Waals surface area contributed by atoms with Gasteiger partial charge in [0.1, 0.15) is 4.66 Å². The van der Waals surface area contributed by atoms with Gasteiger partial charge in [0.15, 0.2) is 0 Å². The van der Waals surface area contributed by atoms with E-state index in [0.29, 0.717) is 19.0 Å². The van der Waals surface area contributed by atoms with Gasteiger partial charge >= 0.3 is 0 Å². The van der Waals surface area contributed by atoms with Gasteiger partial charge in [-0.3, -0.25) is 0 Å². The zero-order valence-corrected chi connectivity index (χ0v) is 10.7. The summed E-state index contributed by atoms with van der Waals surface area (Å²) in [5.41, 5.74) is 0. The lowest BCUT2D eigenvalue weighted by atomic mass is 9.99. The normalized spacial score (nSPS) is 21.3. The molecular formula is C8H16BrNO3S. The Morgan fingerprint density at radius 2 is 2.00 bits per heavy atom. The summed E-state index contributed by atoms with van der Waals surface area (Å²) in [6, 6.07) is 0. The van der Waals surface area contributed by atoms with Crippen molar-refractivity contribution in [3.63, 3.8) is 0 Å². The van der Waals surface area contributed by atoms with E-state index in [1.54, 1.807) is 11.4 Å². The second kappa shape index (κ2) is 5.44. The fourth-order valence-corrected chi connectivity index (χ4v) is 3.43. The minimum Gasteiger partial charge on any atom is -0.384 e. The van der Waals surface area contributed by atoms with Crippen LogP contribution in [0.25, 0.3) is 0 Å². The highest BCUT2D eigenvalue weighted by Crippen LogP contribution is 2.20. The highest BCUT2D eigenvalue weighted by atomic mass is 79.9. The van der Waals surface area contributed by atoms with Crippen molar-refractivity contribution in [3.05, 3.63) is 0 Å². The third kappa shape index (κ3) is 3.18. The summed E-state index contributed by atoms with van der Waals surface area (Å²) in [4.78, 5) is 0. The monoisotopic (exact) mass is 285 g/mol. The molecule has 0 aromatic carbocycles. The lowest BCUT2D eigenvalue weighted by Crippen LogP contribution is -2.39. The Hall–Kier alpha value is 0.350. The van der Waals surface area contributed by atoms with Crippen LogP contribution in [0, 0.1) is 5.92 Å². The molecule has 0 radical (unpaired) electrons. The summed E-state index contributed by atoms with van der Waals surface area (Å²) in [6.45, 7) is 1.99. The van der Waals surface area contributed by atoms with Gasteiger partial charge in [0.2, 0.25) is 10.0 Å². The maximum atomic E-state index is 11.5. The second-order valence-electron chi connectivity index (χ2n) is 3.52. The number of ether oxygens (including phenoxy) is 1. The van der Waals surface area contributed by atoms with Crippen LogP contribution in [0.3, 0.4) is 0 Å². The van der Waals surface area contributed by atoms with Gasteiger partial charge in [-0.25, -0.2) is 12.7 Å². The third-order valence-electron chi connectivity index (χ3n) is 2.51. The maximum absolute atomic E-state index is 11.5. The number of piperidine rings is 1. The minimum absolute atomic E-state index is 0.0228. The van der Waals surface area contributed by atoms with Crippen molar-refractivity contribution >= 4 is 26.0 Å². The molecule has 0 bridgehead atoms. The fourth-order valence-electron chi connectivity index (χ4n) is 1.66. The van der Waals surface area contributed by atoms with Crippen LogP contribution in [-0.2, 0) is 14.8 Å². The van der Waals surface area contributed by atoms with E-state index in [1.807, 2.05) is 0 Å². The highest BCUT2D eigenvalue weighted by Gasteiger charge is 2.26. The van der Waals surface area contributed by atoms with Gasteiger partial charge in [0.25, 0.3) is 0 Å². The topological polar surface area (TPSA) is 46.6 Å².